The SMILES string of the molecule is CCN(C(=O)c1csc(C2CCN(C(=O)C(C)(C)Oc3ccccc3Cl)CC2)n1)C1CCCCC1. The highest BCUT2D eigenvalue weighted by Crippen LogP contribution is 2.33. The van der Waals surface area contributed by atoms with E-state index < -0.39 is 5.60 Å². The van der Waals surface area contributed by atoms with Gasteiger partial charge in [-0.3, -0.25) is 9.59 Å². The van der Waals surface area contributed by atoms with Gasteiger partial charge in [0, 0.05) is 37.0 Å². The third-order valence-electron chi connectivity index (χ3n) is 7.21. The molecule has 6 nitrogen and oxygen atoms in total. The van der Waals surface area contributed by atoms with Gasteiger partial charge in [-0.15, -0.1) is 11.3 Å². The first-order chi connectivity index (χ1) is 16.8. The summed E-state index contributed by atoms with van der Waals surface area (Å²) < 4.78 is 6.00. The molecule has 2 fully saturated rings. The molecule has 1 aromatic heterocycles. The Labute approximate surface area is 217 Å². The molecule has 0 spiro atoms. The molecule has 0 radical (unpaired) electrons. The topological polar surface area (TPSA) is 62.7 Å². The molecular formula is C27H36ClN3O3S. The van der Waals surface area contributed by atoms with E-state index in [0.717, 1.165) is 37.2 Å². The molecule has 0 unspecified atom stereocenters. The number of aromatic nitrogens is 1. The molecule has 190 valence electrons. The molecule has 0 atom stereocenters. The second-order valence-electron chi connectivity index (χ2n) is 10.1. The van der Waals surface area contributed by atoms with Gasteiger partial charge < -0.3 is 14.5 Å². The first-order valence-electron chi connectivity index (χ1n) is 12.8. The number of hydrogen-bond acceptors (Lipinski definition) is 5. The minimum absolute atomic E-state index is 0.0445. The van der Waals surface area contributed by atoms with Gasteiger partial charge in [-0.25, -0.2) is 4.98 Å². The fourth-order valence-corrected chi connectivity index (χ4v) is 6.38. The van der Waals surface area contributed by atoms with E-state index >= 15 is 0 Å². The molecule has 0 N–H and O–H groups in total. The lowest BCUT2D eigenvalue weighted by atomic mass is 9.94. The number of thiazole rings is 1. The Hall–Kier alpha value is -2.12. The molecule has 1 aromatic carbocycles. The van der Waals surface area contributed by atoms with Crippen molar-refractivity contribution in [2.45, 2.75) is 83.3 Å². The number of amides is 2. The zero-order valence-electron chi connectivity index (χ0n) is 21.0. The summed E-state index contributed by atoms with van der Waals surface area (Å²) in [5.74, 6) is 0.796. The number of carbonyl (C=O) groups excluding carboxylic acids is 2. The van der Waals surface area contributed by atoms with Crippen molar-refractivity contribution in [3.05, 3.63) is 45.4 Å². The average Bonchev–Trinajstić information content (AvgIpc) is 3.36. The Balaban J connectivity index is 1.34. The maximum atomic E-state index is 13.2. The Bertz CT molecular complexity index is 1030. The van der Waals surface area contributed by atoms with Crippen molar-refractivity contribution in [3.8, 4) is 5.75 Å². The summed E-state index contributed by atoms with van der Waals surface area (Å²) in [7, 11) is 0. The molecule has 2 aromatic rings. The molecule has 1 aliphatic heterocycles. The van der Waals surface area contributed by atoms with E-state index in [9.17, 15) is 9.59 Å². The lowest BCUT2D eigenvalue weighted by Crippen LogP contribution is -2.51. The van der Waals surface area contributed by atoms with Gasteiger partial charge >= 0.3 is 0 Å². The van der Waals surface area contributed by atoms with E-state index in [-0.39, 0.29) is 17.7 Å². The standard InChI is InChI=1S/C27H36ClN3O3S/c1-4-31(20-10-6-5-7-11-20)25(32)22-18-35-24(29-22)19-14-16-30(17-15-19)26(33)27(2,3)34-23-13-9-8-12-21(23)28/h8-9,12-13,18-20H,4-7,10-11,14-17H2,1-3H3. The molecule has 1 saturated heterocycles. The number of nitrogens with zero attached hydrogens (tertiary/aromatic N) is 3. The fraction of sp³-hybridized carbons (Fsp3) is 0.593. The highest BCUT2D eigenvalue weighted by atomic mass is 35.5. The van der Waals surface area contributed by atoms with Crippen molar-refractivity contribution in [3.63, 3.8) is 0 Å². The summed E-state index contributed by atoms with van der Waals surface area (Å²) in [5.41, 5.74) is -0.438. The molecule has 1 aliphatic carbocycles. The Morgan fingerprint density at radius 1 is 1.14 bits per heavy atom. The molecule has 2 aliphatic rings. The second-order valence-corrected chi connectivity index (χ2v) is 11.4. The van der Waals surface area contributed by atoms with Crippen LogP contribution in [0.4, 0.5) is 0 Å². The first kappa shape index (κ1) is 26.0. The van der Waals surface area contributed by atoms with Gasteiger partial charge in [0.1, 0.15) is 11.4 Å². The van der Waals surface area contributed by atoms with Gasteiger partial charge in [0.05, 0.1) is 10.0 Å². The lowest BCUT2D eigenvalue weighted by Gasteiger charge is -2.36. The van der Waals surface area contributed by atoms with Gasteiger partial charge in [-0.1, -0.05) is 43.0 Å². The molecule has 1 saturated carbocycles. The summed E-state index contributed by atoms with van der Waals surface area (Å²) in [6.45, 7) is 7.65. The van der Waals surface area contributed by atoms with Crippen LogP contribution in [0.25, 0.3) is 0 Å². The van der Waals surface area contributed by atoms with Crippen LogP contribution >= 0.6 is 22.9 Å². The summed E-state index contributed by atoms with van der Waals surface area (Å²) in [5, 5.41) is 3.42. The van der Waals surface area contributed by atoms with Crippen molar-refractivity contribution >= 4 is 34.8 Å². The van der Waals surface area contributed by atoms with Crippen LogP contribution < -0.4 is 4.74 Å². The third kappa shape index (κ3) is 6.00. The summed E-state index contributed by atoms with van der Waals surface area (Å²) in [6, 6.07) is 7.55. The van der Waals surface area contributed by atoms with Gasteiger partial charge in [0.15, 0.2) is 5.60 Å². The molecule has 8 heteroatoms. The highest BCUT2D eigenvalue weighted by Gasteiger charge is 2.37. The minimum Gasteiger partial charge on any atom is -0.476 e. The number of hydrogen-bond donors (Lipinski definition) is 0. The van der Waals surface area contributed by atoms with E-state index in [1.807, 2.05) is 27.3 Å². The van der Waals surface area contributed by atoms with Crippen LogP contribution in [0.1, 0.15) is 87.1 Å². The van der Waals surface area contributed by atoms with E-state index in [1.165, 1.54) is 19.3 Å². The molecule has 2 heterocycles. The number of benzene rings is 1. The largest absolute Gasteiger partial charge is 0.476 e. The third-order valence-corrected chi connectivity index (χ3v) is 8.53. The van der Waals surface area contributed by atoms with Crippen LogP contribution in [-0.4, -0.2) is 57.9 Å². The molecule has 2 amide bonds. The Kier molecular flexibility index (Phi) is 8.38. The summed E-state index contributed by atoms with van der Waals surface area (Å²) in [4.78, 5) is 35.1. The van der Waals surface area contributed by atoms with Gasteiger partial charge in [0.25, 0.3) is 11.8 Å². The maximum absolute atomic E-state index is 13.2. The average molecular weight is 518 g/mol. The molecular weight excluding hydrogens is 482 g/mol. The van der Waals surface area contributed by atoms with Crippen molar-refractivity contribution in [2.75, 3.05) is 19.6 Å². The first-order valence-corrected chi connectivity index (χ1v) is 14.0. The monoisotopic (exact) mass is 517 g/mol. The number of rotatable bonds is 7. The number of halogens is 1. The van der Waals surface area contributed by atoms with E-state index in [0.29, 0.717) is 35.6 Å². The predicted molar refractivity (Wildman–Crippen MR) is 140 cm³/mol. The normalized spacial score (nSPS) is 17.9. The van der Waals surface area contributed by atoms with E-state index in [4.69, 9.17) is 21.3 Å². The van der Waals surface area contributed by atoms with Crippen LogP contribution in [0, 0.1) is 0 Å². The molecule has 4 rings (SSSR count). The number of carbonyl (C=O) groups is 2. The van der Waals surface area contributed by atoms with Gasteiger partial charge in [-0.2, -0.15) is 0 Å². The van der Waals surface area contributed by atoms with Crippen molar-refractivity contribution in [2.24, 2.45) is 0 Å². The smallest absolute Gasteiger partial charge is 0.273 e. The fourth-order valence-electron chi connectivity index (χ4n) is 5.24. The number of para-hydroxylation sites is 1. The zero-order chi connectivity index (χ0) is 25.0. The van der Waals surface area contributed by atoms with Gasteiger partial charge in [0.2, 0.25) is 0 Å². The van der Waals surface area contributed by atoms with Crippen LogP contribution in [0.15, 0.2) is 29.6 Å². The number of likely N-dealkylation sites (tertiary alicyclic amines) is 1. The summed E-state index contributed by atoms with van der Waals surface area (Å²) >= 11 is 7.80. The van der Waals surface area contributed by atoms with Crippen molar-refractivity contribution in [1.29, 1.82) is 0 Å². The van der Waals surface area contributed by atoms with E-state index in [2.05, 4.69) is 6.92 Å². The second kappa shape index (κ2) is 11.3. The maximum Gasteiger partial charge on any atom is 0.273 e. The quantitative estimate of drug-likeness (QED) is 0.441. The molecule has 35 heavy (non-hydrogen) atoms. The van der Waals surface area contributed by atoms with Crippen LogP contribution in [0.5, 0.6) is 5.75 Å². The number of piperidine rings is 1. The molecule has 0 bridgehead atoms. The zero-order valence-corrected chi connectivity index (χ0v) is 22.5. The van der Waals surface area contributed by atoms with Crippen molar-refractivity contribution in [1.82, 2.24) is 14.8 Å². The Morgan fingerprint density at radius 3 is 2.49 bits per heavy atom. The lowest BCUT2D eigenvalue weighted by molar-refractivity contribution is -0.146. The predicted octanol–water partition coefficient (Wildman–Crippen LogP) is 6.15. The number of ether oxygens (including phenoxy) is 1. The minimum atomic E-state index is -1.01. The van der Waals surface area contributed by atoms with Crippen LogP contribution in [0.3, 0.4) is 0 Å². The van der Waals surface area contributed by atoms with Gasteiger partial charge in [-0.05, 0) is 58.6 Å². The highest BCUT2D eigenvalue weighted by molar-refractivity contribution is 7.09. The summed E-state index contributed by atoms with van der Waals surface area (Å²) in [6.07, 6.45) is 7.53. The Morgan fingerprint density at radius 2 is 1.83 bits per heavy atom. The van der Waals surface area contributed by atoms with Crippen molar-refractivity contribution < 1.29 is 14.3 Å². The van der Waals surface area contributed by atoms with Crippen LogP contribution in [0.2, 0.25) is 5.02 Å². The van der Waals surface area contributed by atoms with E-state index in [1.54, 1.807) is 37.3 Å². The van der Waals surface area contributed by atoms with Crippen LogP contribution in [-0.2, 0) is 4.79 Å².